The van der Waals surface area contributed by atoms with Gasteiger partial charge in [0.15, 0.2) is 5.82 Å². The summed E-state index contributed by atoms with van der Waals surface area (Å²) in [6.07, 6.45) is 9.42. The highest BCUT2D eigenvalue weighted by Gasteiger charge is 2.20. The van der Waals surface area contributed by atoms with E-state index in [4.69, 9.17) is 0 Å². The van der Waals surface area contributed by atoms with Gasteiger partial charge in [-0.15, -0.1) is 5.10 Å². The van der Waals surface area contributed by atoms with E-state index in [0.717, 1.165) is 43.9 Å². The fourth-order valence-corrected chi connectivity index (χ4v) is 3.43. The summed E-state index contributed by atoms with van der Waals surface area (Å²) >= 11 is 0. The Labute approximate surface area is 157 Å². The Morgan fingerprint density at radius 3 is 2.63 bits per heavy atom. The maximum absolute atomic E-state index is 12.2. The first-order valence-electron chi connectivity index (χ1n) is 9.25. The average molecular weight is 365 g/mol. The highest BCUT2D eigenvalue weighted by molar-refractivity contribution is 5.17. The molecule has 4 heterocycles. The number of hydrogen-bond acceptors (Lipinski definition) is 6. The Bertz CT molecular complexity index is 925. The predicted molar refractivity (Wildman–Crippen MR) is 100 cm³/mol. The molecule has 1 saturated heterocycles. The minimum Gasteiger partial charge on any atom is -0.299 e. The molecule has 140 valence electrons. The second kappa shape index (κ2) is 7.79. The highest BCUT2D eigenvalue weighted by Crippen LogP contribution is 2.20. The SMILES string of the molecule is Cc1ncc(CN2CCC(Cn3nc(-n4cccn4)ccc3=O)CC2)cn1. The van der Waals surface area contributed by atoms with E-state index in [1.54, 1.807) is 27.7 Å². The van der Waals surface area contributed by atoms with Crippen molar-refractivity contribution >= 4 is 0 Å². The standard InChI is InChI=1S/C19H23N7O/c1-15-20-11-17(12-21-15)13-24-9-5-16(6-10-24)14-26-19(27)4-3-18(23-26)25-8-2-7-22-25/h2-4,7-8,11-12,16H,5-6,9-10,13-14H2,1H3. The van der Waals surface area contributed by atoms with Crippen molar-refractivity contribution in [2.75, 3.05) is 13.1 Å². The van der Waals surface area contributed by atoms with Crippen LogP contribution in [0.25, 0.3) is 5.82 Å². The van der Waals surface area contributed by atoms with Crippen molar-refractivity contribution < 1.29 is 0 Å². The molecule has 0 bridgehead atoms. The molecule has 3 aromatic rings. The van der Waals surface area contributed by atoms with Crippen LogP contribution in [0.5, 0.6) is 0 Å². The highest BCUT2D eigenvalue weighted by atomic mass is 16.1. The average Bonchev–Trinajstić information content (AvgIpc) is 3.22. The van der Waals surface area contributed by atoms with Crippen LogP contribution in [0.4, 0.5) is 0 Å². The molecule has 0 aliphatic carbocycles. The van der Waals surface area contributed by atoms with E-state index >= 15 is 0 Å². The third-order valence-electron chi connectivity index (χ3n) is 4.97. The molecular weight excluding hydrogens is 342 g/mol. The summed E-state index contributed by atoms with van der Waals surface area (Å²) in [7, 11) is 0. The molecule has 27 heavy (non-hydrogen) atoms. The van der Waals surface area contributed by atoms with Gasteiger partial charge < -0.3 is 0 Å². The van der Waals surface area contributed by atoms with E-state index in [-0.39, 0.29) is 5.56 Å². The molecule has 3 aromatic heterocycles. The maximum Gasteiger partial charge on any atom is 0.266 e. The first kappa shape index (κ1) is 17.5. The summed E-state index contributed by atoms with van der Waals surface area (Å²) < 4.78 is 3.24. The predicted octanol–water partition coefficient (Wildman–Crippen LogP) is 1.44. The van der Waals surface area contributed by atoms with Gasteiger partial charge in [-0.05, 0) is 50.9 Å². The maximum atomic E-state index is 12.2. The van der Waals surface area contributed by atoms with Crippen LogP contribution in [0.2, 0.25) is 0 Å². The number of likely N-dealkylation sites (tertiary alicyclic amines) is 1. The Morgan fingerprint density at radius 1 is 1.15 bits per heavy atom. The van der Waals surface area contributed by atoms with Crippen LogP contribution >= 0.6 is 0 Å². The van der Waals surface area contributed by atoms with Crippen molar-refractivity contribution in [3.05, 3.63) is 64.7 Å². The molecule has 1 fully saturated rings. The molecule has 0 spiro atoms. The molecule has 4 rings (SSSR count). The van der Waals surface area contributed by atoms with Gasteiger partial charge in [0.2, 0.25) is 0 Å². The third-order valence-corrected chi connectivity index (χ3v) is 4.97. The van der Waals surface area contributed by atoms with Crippen molar-refractivity contribution in [1.82, 2.24) is 34.4 Å². The largest absolute Gasteiger partial charge is 0.299 e. The van der Waals surface area contributed by atoms with E-state index < -0.39 is 0 Å². The Morgan fingerprint density at radius 2 is 1.93 bits per heavy atom. The van der Waals surface area contributed by atoms with Crippen LogP contribution in [0.1, 0.15) is 24.2 Å². The van der Waals surface area contributed by atoms with Gasteiger partial charge in [-0.3, -0.25) is 9.69 Å². The number of aromatic nitrogens is 6. The zero-order valence-corrected chi connectivity index (χ0v) is 15.4. The van der Waals surface area contributed by atoms with Crippen molar-refractivity contribution in [2.45, 2.75) is 32.9 Å². The van der Waals surface area contributed by atoms with E-state index in [1.165, 1.54) is 0 Å². The quantitative estimate of drug-likeness (QED) is 0.680. The second-order valence-corrected chi connectivity index (χ2v) is 7.02. The van der Waals surface area contributed by atoms with Gasteiger partial charge in [-0.2, -0.15) is 5.10 Å². The van der Waals surface area contributed by atoms with Crippen molar-refractivity contribution in [3.63, 3.8) is 0 Å². The first-order valence-corrected chi connectivity index (χ1v) is 9.25. The lowest BCUT2D eigenvalue weighted by Gasteiger charge is -2.31. The van der Waals surface area contributed by atoms with E-state index in [2.05, 4.69) is 25.1 Å². The first-order chi connectivity index (χ1) is 13.2. The van der Waals surface area contributed by atoms with E-state index in [9.17, 15) is 4.79 Å². The summed E-state index contributed by atoms with van der Waals surface area (Å²) in [5.74, 6) is 1.91. The lowest BCUT2D eigenvalue weighted by Crippen LogP contribution is -2.36. The number of rotatable bonds is 5. The molecule has 0 N–H and O–H groups in total. The minimum atomic E-state index is -0.0647. The molecule has 1 aliphatic heterocycles. The van der Waals surface area contributed by atoms with E-state index in [0.29, 0.717) is 18.3 Å². The monoisotopic (exact) mass is 365 g/mol. The zero-order valence-electron chi connectivity index (χ0n) is 15.4. The van der Waals surface area contributed by atoms with Crippen LogP contribution in [0.15, 0.2) is 47.8 Å². The topological polar surface area (TPSA) is 81.7 Å². The van der Waals surface area contributed by atoms with Gasteiger partial charge in [-0.25, -0.2) is 19.3 Å². The summed E-state index contributed by atoms with van der Waals surface area (Å²) in [5.41, 5.74) is 1.08. The molecular formula is C19H23N7O. The Kier molecular flexibility index (Phi) is 5.06. The number of hydrogen-bond donors (Lipinski definition) is 0. The molecule has 0 saturated carbocycles. The molecule has 0 amide bonds. The van der Waals surface area contributed by atoms with E-state index in [1.807, 2.05) is 31.6 Å². The lowest BCUT2D eigenvalue weighted by molar-refractivity contribution is 0.163. The normalized spacial score (nSPS) is 15.9. The van der Waals surface area contributed by atoms with Gasteiger partial charge in [0.05, 0.1) is 0 Å². The summed E-state index contributed by atoms with van der Waals surface area (Å²) in [6.45, 7) is 5.43. The molecule has 0 atom stereocenters. The fraction of sp³-hybridized carbons (Fsp3) is 0.421. The zero-order chi connectivity index (χ0) is 18.6. The minimum absolute atomic E-state index is 0.0647. The van der Waals surface area contributed by atoms with Crippen molar-refractivity contribution in [3.8, 4) is 5.82 Å². The number of piperidine rings is 1. The summed E-state index contributed by atoms with van der Waals surface area (Å²) in [5, 5.41) is 8.66. The van der Waals surface area contributed by atoms with Crippen LogP contribution in [-0.2, 0) is 13.1 Å². The number of aryl methyl sites for hydroxylation is 1. The van der Waals surface area contributed by atoms with Crippen LogP contribution in [-0.4, -0.2) is 47.5 Å². The lowest BCUT2D eigenvalue weighted by atomic mass is 9.96. The molecule has 8 heteroatoms. The van der Waals surface area contributed by atoms with Crippen molar-refractivity contribution in [2.24, 2.45) is 5.92 Å². The van der Waals surface area contributed by atoms with Gasteiger partial charge in [0.1, 0.15) is 5.82 Å². The molecule has 8 nitrogen and oxygen atoms in total. The Balaban J connectivity index is 1.36. The molecule has 0 unspecified atom stereocenters. The van der Waals surface area contributed by atoms with Crippen LogP contribution < -0.4 is 5.56 Å². The van der Waals surface area contributed by atoms with Crippen molar-refractivity contribution in [1.29, 1.82) is 0 Å². The van der Waals surface area contributed by atoms with Gasteiger partial charge in [-0.1, -0.05) is 0 Å². The van der Waals surface area contributed by atoms with Gasteiger partial charge >= 0.3 is 0 Å². The van der Waals surface area contributed by atoms with Crippen LogP contribution in [0, 0.1) is 12.8 Å². The van der Waals surface area contributed by atoms with Gasteiger partial charge in [0.25, 0.3) is 5.56 Å². The smallest absolute Gasteiger partial charge is 0.266 e. The Hall–Kier alpha value is -2.87. The number of nitrogens with zero attached hydrogens (tertiary/aromatic N) is 7. The molecule has 0 radical (unpaired) electrons. The third kappa shape index (κ3) is 4.28. The summed E-state index contributed by atoms with van der Waals surface area (Å²) in [4.78, 5) is 23.1. The molecule has 1 aliphatic rings. The fourth-order valence-electron chi connectivity index (χ4n) is 3.43. The second-order valence-electron chi connectivity index (χ2n) is 7.02. The molecule has 0 aromatic carbocycles. The summed E-state index contributed by atoms with van der Waals surface area (Å²) in [6, 6.07) is 5.11. The van der Waals surface area contributed by atoms with Gasteiger partial charge in [0, 0.05) is 49.5 Å². The van der Waals surface area contributed by atoms with Crippen LogP contribution in [0.3, 0.4) is 0 Å².